The molecule has 112 valence electrons. The van der Waals surface area contributed by atoms with Gasteiger partial charge in [-0.2, -0.15) is 13.1 Å². The lowest BCUT2D eigenvalue weighted by Crippen LogP contribution is -2.54. The molecule has 1 aliphatic rings. The van der Waals surface area contributed by atoms with Gasteiger partial charge in [0.2, 0.25) is 0 Å². The highest BCUT2D eigenvalue weighted by Crippen LogP contribution is 2.29. The lowest BCUT2D eigenvalue weighted by atomic mass is 9.78. The fourth-order valence-electron chi connectivity index (χ4n) is 2.12. The summed E-state index contributed by atoms with van der Waals surface area (Å²) in [6.07, 6.45) is 1.15. The molecule has 1 unspecified atom stereocenters. The van der Waals surface area contributed by atoms with Crippen molar-refractivity contribution in [3.63, 3.8) is 0 Å². The Morgan fingerprint density at radius 1 is 1.47 bits per heavy atom. The Morgan fingerprint density at radius 2 is 2.16 bits per heavy atom. The molecule has 1 heterocycles. The second-order valence-corrected chi connectivity index (χ2v) is 6.77. The van der Waals surface area contributed by atoms with Gasteiger partial charge in [0.1, 0.15) is 0 Å². The first kappa shape index (κ1) is 16.2. The van der Waals surface area contributed by atoms with Crippen LogP contribution in [-0.2, 0) is 14.9 Å². The van der Waals surface area contributed by atoms with Gasteiger partial charge in [0.05, 0.1) is 6.61 Å². The van der Waals surface area contributed by atoms with E-state index in [1.165, 1.54) is 0 Å². The molecule has 0 radical (unpaired) electrons. The van der Waals surface area contributed by atoms with Crippen molar-refractivity contribution >= 4 is 16.3 Å². The van der Waals surface area contributed by atoms with E-state index in [0.29, 0.717) is 0 Å². The van der Waals surface area contributed by atoms with Gasteiger partial charge in [-0.05, 0) is 31.7 Å². The molecule has 0 spiro atoms. The van der Waals surface area contributed by atoms with Crippen LogP contribution in [0.3, 0.4) is 0 Å². The van der Waals surface area contributed by atoms with Crippen LogP contribution < -0.4 is 14.8 Å². The largest absolute Gasteiger partial charge is 0.449 e. The number of carbonyl (C=O) groups is 1. The molecule has 3 N–H and O–H groups in total. The van der Waals surface area contributed by atoms with Crippen LogP contribution in [-0.4, -0.2) is 40.2 Å². The summed E-state index contributed by atoms with van der Waals surface area (Å²) in [5.74, 6) is 0. The van der Waals surface area contributed by atoms with E-state index >= 15 is 0 Å². The van der Waals surface area contributed by atoms with Gasteiger partial charge in [-0.15, -0.1) is 0 Å². The minimum Gasteiger partial charge on any atom is -0.449 e. The zero-order valence-electron chi connectivity index (χ0n) is 11.7. The lowest BCUT2D eigenvalue weighted by molar-refractivity contribution is 0.158. The molecule has 0 saturated carbocycles. The van der Waals surface area contributed by atoms with E-state index in [1.54, 1.807) is 11.6 Å². The molecule has 1 amide bonds. The van der Waals surface area contributed by atoms with Crippen LogP contribution in [0.5, 0.6) is 0 Å². The van der Waals surface area contributed by atoms with E-state index < -0.39 is 16.3 Å². The maximum atomic E-state index is 11.6. The van der Waals surface area contributed by atoms with Crippen LogP contribution in [0.4, 0.5) is 4.79 Å². The smallest absolute Gasteiger partial charge is 0.421 e. The van der Waals surface area contributed by atoms with Crippen molar-refractivity contribution in [2.75, 3.05) is 19.7 Å². The Kier molecular flexibility index (Phi) is 5.57. The summed E-state index contributed by atoms with van der Waals surface area (Å²) in [6.45, 7) is 7.03. The molecule has 0 aromatic heterocycles. The minimum absolute atomic E-state index is 0.0185. The summed E-state index contributed by atoms with van der Waals surface area (Å²) < 4.78 is 31.9. The maximum Gasteiger partial charge on any atom is 0.421 e. The standard InChI is InChI=1S/C11H23N3O4S/c1-4-18-10(15)14-19(16,17)13-8-9-11(2,3)6-5-7-12-9/h9,12-13H,4-8H2,1-3H3,(H,14,15). The van der Waals surface area contributed by atoms with Crippen molar-refractivity contribution in [1.29, 1.82) is 0 Å². The van der Waals surface area contributed by atoms with E-state index in [1.807, 2.05) is 0 Å². The first-order valence-corrected chi connectivity index (χ1v) is 7.93. The van der Waals surface area contributed by atoms with Gasteiger partial charge in [-0.3, -0.25) is 0 Å². The molecule has 0 bridgehead atoms. The van der Waals surface area contributed by atoms with Crippen molar-refractivity contribution in [1.82, 2.24) is 14.8 Å². The van der Waals surface area contributed by atoms with E-state index in [4.69, 9.17) is 0 Å². The summed E-state index contributed by atoms with van der Waals surface area (Å²) in [6, 6.07) is 0.0417. The number of piperidine rings is 1. The predicted molar refractivity (Wildman–Crippen MR) is 71.9 cm³/mol. The topological polar surface area (TPSA) is 96.5 Å². The van der Waals surface area contributed by atoms with Crippen molar-refractivity contribution in [3.05, 3.63) is 0 Å². The maximum absolute atomic E-state index is 11.6. The van der Waals surface area contributed by atoms with Gasteiger partial charge in [0, 0.05) is 12.6 Å². The molecule has 0 aromatic carbocycles. The Labute approximate surface area is 114 Å². The van der Waals surface area contributed by atoms with Crippen LogP contribution >= 0.6 is 0 Å². The number of hydrogen-bond donors (Lipinski definition) is 3. The summed E-state index contributed by atoms with van der Waals surface area (Å²) in [5, 5.41) is 3.29. The first-order valence-electron chi connectivity index (χ1n) is 6.44. The molecule has 1 aliphatic heterocycles. The number of rotatable bonds is 5. The molecule has 8 heteroatoms. The molecule has 1 saturated heterocycles. The van der Waals surface area contributed by atoms with E-state index in [-0.39, 0.29) is 24.6 Å². The third-order valence-electron chi connectivity index (χ3n) is 3.30. The SMILES string of the molecule is CCOC(=O)NS(=O)(=O)NCC1NCCCC1(C)C. The van der Waals surface area contributed by atoms with Gasteiger partial charge in [0.25, 0.3) is 0 Å². The van der Waals surface area contributed by atoms with Crippen LogP contribution in [0.15, 0.2) is 0 Å². The average Bonchev–Trinajstić information content (AvgIpc) is 2.26. The number of ether oxygens (including phenoxy) is 1. The second kappa shape index (κ2) is 6.53. The highest BCUT2D eigenvalue weighted by Gasteiger charge is 2.32. The van der Waals surface area contributed by atoms with Crippen molar-refractivity contribution < 1.29 is 17.9 Å². The molecule has 1 atom stereocenters. The molecule has 1 rings (SSSR count). The Balaban J connectivity index is 2.48. The number of hydrogen-bond acceptors (Lipinski definition) is 5. The van der Waals surface area contributed by atoms with Gasteiger partial charge in [-0.25, -0.2) is 9.52 Å². The minimum atomic E-state index is -3.87. The summed E-state index contributed by atoms with van der Waals surface area (Å²) in [7, 11) is -3.87. The van der Waals surface area contributed by atoms with E-state index in [0.717, 1.165) is 19.4 Å². The third kappa shape index (κ3) is 5.33. The fourth-order valence-corrected chi connectivity index (χ4v) is 2.86. The zero-order valence-corrected chi connectivity index (χ0v) is 12.5. The van der Waals surface area contributed by atoms with Crippen LogP contribution in [0, 0.1) is 5.41 Å². The van der Waals surface area contributed by atoms with Crippen molar-refractivity contribution in [2.24, 2.45) is 5.41 Å². The Morgan fingerprint density at radius 3 is 2.74 bits per heavy atom. The molecule has 19 heavy (non-hydrogen) atoms. The van der Waals surface area contributed by atoms with Gasteiger partial charge in [-0.1, -0.05) is 13.8 Å². The normalized spacial score (nSPS) is 22.8. The van der Waals surface area contributed by atoms with Crippen LogP contribution in [0.25, 0.3) is 0 Å². The number of carbonyl (C=O) groups excluding carboxylic acids is 1. The van der Waals surface area contributed by atoms with Gasteiger partial charge >= 0.3 is 16.3 Å². The monoisotopic (exact) mass is 293 g/mol. The highest BCUT2D eigenvalue weighted by molar-refractivity contribution is 7.88. The van der Waals surface area contributed by atoms with E-state index in [2.05, 4.69) is 28.6 Å². The lowest BCUT2D eigenvalue weighted by Gasteiger charge is -2.39. The first-order chi connectivity index (χ1) is 8.77. The molecule has 1 fully saturated rings. The number of amides is 1. The summed E-state index contributed by atoms with van der Waals surface area (Å²) in [4.78, 5) is 11.1. The van der Waals surface area contributed by atoms with Gasteiger partial charge in [0.15, 0.2) is 0 Å². The molecule has 7 nitrogen and oxygen atoms in total. The predicted octanol–water partition coefficient (Wildman–Crippen LogP) is 0.345. The summed E-state index contributed by atoms with van der Waals surface area (Å²) >= 11 is 0. The van der Waals surface area contributed by atoms with Crippen LogP contribution in [0.1, 0.15) is 33.6 Å². The Bertz CT molecular complexity index is 408. The van der Waals surface area contributed by atoms with Crippen molar-refractivity contribution in [2.45, 2.75) is 39.7 Å². The third-order valence-corrected chi connectivity index (χ3v) is 4.28. The van der Waals surface area contributed by atoms with Gasteiger partial charge < -0.3 is 10.1 Å². The number of nitrogens with one attached hydrogen (secondary N) is 3. The molecular weight excluding hydrogens is 270 g/mol. The fraction of sp³-hybridized carbons (Fsp3) is 0.909. The molecule has 0 aliphatic carbocycles. The summed E-state index contributed by atoms with van der Waals surface area (Å²) in [5.41, 5.74) is 0.0185. The zero-order chi connectivity index (χ0) is 14.5. The second-order valence-electron chi connectivity index (χ2n) is 5.27. The quantitative estimate of drug-likeness (QED) is 0.679. The molecule has 0 aromatic rings. The average molecular weight is 293 g/mol. The van der Waals surface area contributed by atoms with Crippen LogP contribution in [0.2, 0.25) is 0 Å². The highest BCUT2D eigenvalue weighted by atomic mass is 32.2. The molecular formula is C11H23N3O4S. The van der Waals surface area contributed by atoms with E-state index in [9.17, 15) is 13.2 Å². The Hall–Kier alpha value is -0.860. The van der Waals surface area contributed by atoms with Crippen molar-refractivity contribution in [3.8, 4) is 0 Å².